The van der Waals surface area contributed by atoms with Crippen LogP contribution in [0.2, 0.25) is 0 Å². The number of carbonyl (C=O) groups is 1. The summed E-state index contributed by atoms with van der Waals surface area (Å²) in [4.78, 5) is 12.0. The fourth-order valence-electron chi connectivity index (χ4n) is 2.28. The van der Waals surface area contributed by atoms with Gasteiger partial charge >= 0.3 is 6.18 Å². The van der Waals surface area contributed by atoms with Crippen LogP contribution >= 0.6 is 0 Å². The number of hydrogen-bond donors (Lipinski definition) is 1. The van der Waals surface area contributed by atoms with Crippen molar-refractivity contribution in [3.8, 4) is 0 Å². The van der Waals surface area contributed by atoms with Gasteiger partial charge in [0, 0.05) is 13.0 Å². The highest BCUT2D eigenvalue weighted by Crippen LogP contribution is 2.31. The molecule has 1 aromatic carbocycles. The van der Waals surface area contributed by atoms with Crippen molar-refractivity contribution in [2.75, 3.05) is 13.7 Å². The summed E-state index contributed by atoms with van der Waals surface area (Å²) >= 11 is 0. The molecule has 3 nitrogen and oxygen atoms in total. The maximum Gasteiger partial charge on any atom is 0.416 e. The van der Waals surface area contributed by atoms with E-state index in [9.17, 15) is 18.0 Å². The average Bonchev–Trinajstić information content (AvgIpc) is 2.35. The highest BCUT2D eigenvalue weighted by atomic mass is 19.4. The Bertz CT molecular complexity index is 498. The average molecular weight is 301 g/mol. The maximum absolute atomic E-state index is 12.8. The van der Waals surface area contributed by atoms with Gasteiger partial charge in [-0.3, -0.25) is 4.79 Å². The summed E-state index contributed by atoms with van der Waals surface area (Å²) in [6.07, 6.45) is -1.69. The maximum atomic E-state index is 12.8. The zero-order chi connectivity index (χ0) is 15.5. The van der Waals surface area contributed by atoms with E-state index in [2.05, 4.69) is 5.32 Å². The zero-order valence-electron chi connectivity index (χ0n) is 11.7. The Morgan fingerprint density at radius 3 is 2.67 bits per heavy atom. The highest BCUT2D eigenvalue weighted by Gasteiger charge is 2.32. The molecule has 0 heterocycles. The van der Waals surface area contributed by atoms with E-state index in [4.69, 9.17) is 4.74 Å². The number of ether oxygens (including phenoxy) is 1. The molecule has 1 aliphatic carbocycles. The summed E-state index contributed by atoms with van der Waals surface area (Å²) in [6.45, 7) is 0.139. The predicted octanol–water partition coefficient (Wildman–Crippen LogP) is 3.31. The number of carbonyl (C=O) groups excluding carboxylic acids is 1. The molecule has 2 rings (SSSR count). The van der Waals surface area contributed by atoms with Crippen LogP contribution in [-0.4, -0.2) is 19.6 Å². The first-order valence-electron chi connectivity index (χ1n) is 6.88. The molecule has 6 heteroatoms. The molecule has 1 aliphatic rings. The normalized spacial score (nSPS) is 17.1. The van der Waals surface area contributed by atoms with Crippen LogP contribution in [0.15, 0.2) is 24.3 Å². The third-order valence-electron chi connectivity index (χ3n) is 3.74. The van der Waals surface area contributed by atoms with Crippen LogP contribution in [0.25, 0.3) is 0 Å². The number of methoxy groups -OCH3 is 1. The fourth-order valence-corrected chi connectivity index (χ4v) is 2.28. The molecule has 1 atom stereocenters. The molecule has 0 unspecified atom stereocenters. The first-order chi connectivity index (χ1) is 9.91. The zero-order valence-corrected chi connectivity index (χ0v) is 11.7. The lowest BCUT2D eigenvalue weighted by atomic mass is 9.84. The van der Waals surface area contributed by atoms with Gasteiger partial charge in [0.05, 0.1) is 18.2 Å². The summed E-state index contributed by atoms with van der Waals surface area (Å²) in [7, 11) is 1.45. The van der Waals surface area contributed by atoms with Crippen molar-refractivity contribution in [2.24, 2.45) is 5.92 Å². The largest absolute Gasteiger partial charge is 0.416 e. The summed E-state index contributed by atoms with van der Waals surface area (Å²) in [5, 5.41) is 2.78. The molecule has 1 fully saturated rings. The second-order valence-corrected chi connectivity index (χ2v) is 5.27. The van der Waals surface area contributed by atoms with E-state index >= 15 is 0 Å². The van der Waals surface area contributed by atoms with Crippen LogP contribution in [0.3, 0.4) is 0 Å². The molecule has 0 aliphatic heterocycles. The third-order valence-corrected chi connectivity index (χ3v) is 3.74. The van der Waals surface area contributed by atoms with Crippen LogP contribution in [0.5, 0.6) is 0 Å². The van der Waals surface area contributed by atoms with Crippen LogP contribution in [0, 0.1) is 5.92 Å². The molecular formula is C15H18F3NO2. The first kappa shape index (κ1) is 15.8. The van der Waals surface area contributed by atoms with Gasteiger partial charge in [-0.05, 0) is 30.5 Å². The third kappa shape index (κ3) is 3.97. The summed E-state index contributed by atoms with van der Waals surface area (Å²) in [6, 6.07) is 4.42. The fraction of sp³-hybridized carbons (Fsp3) is 0.533. The lowest BCUT2D eigenvalue weighted by molar-refractivity contribution is -0.137. The van der Waals surface area contributed by atoms with Crippen LogP contribution in [0.1, 0.15) is 36.4 Å². The van der Waals surface area contributed by atoms with Gasteiger partial charge in [0.2, 0.25) is 5.91 Å². The summed E-state index contributed by atoms with van der Waals surface area (Å²) in [5.74, 6) is -0.129. The highest BCUT2D eigenvalue weighted by molar-refractivity contribution is 5.79. The Labute approximate surface area is 121 Å². The minimum absolute atomic E-state index is 0.0184. The standard InChI is InChI=1S/C15H18F3NO2/c1-21-9-13(19-14(20)10-4-2-5-10)11-6-3-7-12(8-11)15(16,17)18/h3,6-8,10,13H,2,4-5,9H2,1H3,(H,19,20)/t13-/m0/s1. The number of nitrogens with one attached hydrogen (secondary N) is 1. The Morgan fingerprint density at radius 2 is 2.14 bits per heavy atom. The number of amides is 1. The molecule has 0 bridgehead atoms. The number of rotatable bonds is 5. The minimum atomic E-state index is -4.40. The Balaban J connectivity index is 2.15. The topological polar surface area (TPSA) is 38.3 Å². The van der Waals surface area contributed by atoms with Gasteiger partial charge in [-0.2, -0.15) is 13.2 Å². The molecule has 0 aromatic heterocycles. The van der Waals surface area contributed by atoms with Gasteiger partial charge in [-0.1, -0.05) is 18.6 Å². The van der Waals surface area contributed by atoms with Gasteiger partial charge in [-0.25, -0.2) is 0 Å². The summed E-state index contributed by atoms with van der Waals surface area (Å²) < 4.78 is 43.3. The quantitative estimate of drug-likeness (QED) is 0.906. The molecule has 0 saturated heterocycles. The molecule has 1 saturated carbocycles. The van der Waals surface area contributed by atoms with Crippen molar-refractivity contribution in [2.45, 2.75) is 31.5 Å². The molecule has 1 amide bonds. The van der Waals surface area contributed by atoms with E-state index in [1.807, 2.05) is 0 Å². The first-order valence-corrected chi connectivity index (χ1v) is 6.88. The SMILES string of the molecule is COC[C@H](NC(=O)C1CCC1)c1cccc(C(F)(F)F)c1. The predicted molar refractivity (Wildman–Crippen MR) is 71.5 cm³/mol. The van der Waals surface area contributed by atoms with E-state index in [1.165, 1.54) is 13.2 Å². The Morgan fingerprint density at radius 1 is 1.43 bits per heavy atom. The van der Waals surface area contributed by atoms with Gasteiger partial charge in [0.25, 0.3) is 0 Å². The van der Waals surface area contributed by atoms with Crippen LogP contribution in [-0.2, 0) is 15.7 Å². The van der Waals surface area contributed by atoms with E-state index in [-0.39, 0.29) is 18.4 Å². The second kappa shape index (κ2) is 6.47. The van der Waals surface area contributed by atoms with Gasteiger partial charge < -0.3 is 10.1 Å². The van der Waals surface area contributed by atoms with Crippen molar-refractivity contribution in [1.29, 1.82) is 0 Å². The number of halogens is 3. The van der Waals surface area contributed by atoms with Crippen LogP contribution in [0.4, 0.5) is 13.2 Å². The van der Waals surface area contributed by atoms with E-state index in [0.29, 0.717) is 5.56 Å². The van der Waals surface area contributed by atoms with E-state index < -0.39 is 17.8 Å². The summed E-state index contributed by atoms with van der Waals surface area (Å²) in [5.41, 5.74) is -0.321. The van der Waals surface area contributed by atoms with Gasteiger partial charge in [0.1, 0.15) is 0 Å². The molecule has 0 radical (unpaired) electrons. The van der Waals surface area contributed by atoms with Crippen molar-refractivity contribution in [3.05, 3.63) is 35.4 Å². The van der Waals surface area contributed by atoms with Crippen molar-refractivity contribution < 1.29 is 22.7 Å². The Kier molecular flexibility index (Phi) is 4.88. The number of hydrogen-bond acceptors (Lipinski definition) is 2. The van der Waals surface area contributed by atoms with Gasteiger partial charge in [0.15, 0.2) is 0 Å². The number of benzene rings is 1. The van der Waals surface area contributed by atoms with E-state index in [1.54, 1.807) is 6.07 Å². The van der Waals surface area contributed by atoms with Crippen molar-refractivity contribution in [3.63, 3.8) is 0 Å². The minimum Gasteiger partial charge on any atom is -0.382 e. The monoisotopic (exact) mass is 301 g/mol. The molecule has 1 N–H and O–H groups in total. The van der Waals surface area contributed by atoms with Crippen molar-refractivity contribution >= 4 is 5.91 Å². The molecule has 116 valence electrons. The molecule has 1 aromatic rings. The lowest BCUT2D eigenvalue weighted by Gasteiger charge is -2.27. The molecule has 21 heavy (non-hydrogen) atoms. The molecule has 0 spiro atoms. The smallest absolute Gasteiger partial charge is 0.382 e. The lowest BCUT2D eigenvalue weighted by Crippen LogP contribution is -2.38. The molecular weight excluding hydrogens is 283 g/mol. The Hall–Kier alpha value is -1.56. The van der Waals surface area contributed by atoms with Gasteiger partial charge in [-0.15, -0.1) is 0 Å². The van der Waals surface area contributed by atoms with E-state index in [0.717, 1.165) is 31.4 Å². The van der Waals surface area contributed by atoms with Crippen molar-refractivity contribution in [1.82, 2.24) is 5.32 Å². The van der Waals surface area contributed by atoms with Crippen LogP contribution < -0.4 is 5.32 Å². The number of alkyl halides is 3. The second-order valence-electron chi connectivity index (χ2n) is 5.27.